The van der Waals surface area contributed by atoms with Gasteiger partial charge in [0.05, 0.1) is 60.6 Å². The van der Waals surface area contributed by atoms with E-state index in [1.165, 1.54) is 38.3 Å². The molecule has 68 heavy (non-hydrogen) atoms. The van der Waals surface area contributed by atoms with Crippen LogP contribution in [0.4, 0.5) is 48.6 Å². The molecule has 0 bridgehead atoms. The van der Waals surface area contributed by atoms with Gasteiger partial charge in [-0.25, -0.2) is 27.9 Å². The third-order valence-electron chi connectivity index (χ3n) is 11.9. The van der Waals surface area contributed by atoms with E-state index in [0.29, 0.717) is 30.0 Å². The van der Waals surface area contributed by atoms with Crippen LogP contribution >= 0.6 is 11.6 Å². The Morgan fingerprint density at radius 3 is 2.24 bits per heavy atom. The van der Waals surface area contributed by atoms with E-state index in [9.17, 15) is 18.7 Å². The molecule has 0 unspecified atom stereocenters. The Labute approximate surface area is 391 Å². The van der Waals surface area contributed by atoms with Gasteiger partial charge in [-0.05, 0) is 73.4 Å². The van der Waals surface area contributed by atoms with Gasteiger partial charge in [0.25, 0.3) is 6.43 Å². The number of methoxy groups -OCH3 is 2. The van der Waals surface area contributed by atoms with Crippen molar-refractivity contribution in [3.05, 3.63) is 112 Å². The standard InChI is InChI=1S/C47H45ClF6N8O6/c1-25-20-34(61(21-27-7-11-30(65-3)12-8-27)22-28-9-13-31(66-4)14-10-28)56-40(37(25)47(52,53)54)35-38(48)42-36-41(39(35)51)57-45(68-24-29-15-17-60(29)23-33(49)50)59-44(36)62(18-19-67-42)26(2)32-6-5-16-55-43(32)58-46(63)64/h5-14,16,20,26,29,33H,15,17-19,21-24H2,1-4H3,(H,55,58)(H,63,64)/t26-,29+/m1/s1. The van der Waals surface area contributed by atoms with E-state index >= 15 is 17.6 Å². The number of aromatic nitrogens is 4. The molecule has 2 atom stereocenters. The fourth-order valence-electron chi connectivity index (χ4n) is 8.46. The molecule has 2 N–H and O–H groups in total. The first kappa shape index (κ1) is 47.7. The molecular weight excluding hydrogens is 922 g/mol. The number of carbonyl (C=O) groups is 1. The molecule has 0 spiro atoms. The lowest BCUT2D eigenvalue weighted by atomic mass is 9.98. The van der Waals surface area contributed by atoms with Crippen molar-refractivity contribution in [3.63, 3.8) is 0 Å². The zero-order valence-corrected chi connectivity index (χ0v) is 37.8. The number of rotatable bonds is 16. The van der Waals surface area contributed by atoms with Crippen LogP contribution in [0.3, 0.4) is 0 Å². The van der Waals surface area contributed by atoms with Gasteiger partial charge in [0.15, 0.2) is 11.6 Å². The molecule has 21 heteroatoms. The molecule has 0 saturated carbocycles. The minimum absolute atomic E-state index is 0.00245. The summed E-state index contributed by atoms with van der Waals surface area (Å²) in [5, 5.41) is 11.2. The number of nitrogens with one attached hydrogen (secondary N) is 1. The van der Waals surface area contributed by atoms with Crippen molar-refractivity contribution in [1.29, 1.82) is 0 Å². The van der Waals surface area contributed by atoms with Gasteiger partial charge in [0.2, 0.25) is 0 Å². The van der Waals surface area contributed by atoms with Crippen molar-refractivity contribution in [2.45, 2.75) is 58.0 Å². The fraction of sp³-hybridized carbons (Fsp3) is 0.340. The highest BCUT2D eigenvalue weighted by Gasteiger charge is 2.41. The normalized spacial score (nSPS) is 15.4. The highest BCUT2D eigenvalue weighted by Crippen LogP contribution is 2.51. The maximum absolute atomic E-state index is 17.9. The minimum atomic E-state index is -5.07. The summed E-state index contributed by atoms with van der Waals surface area (Å²) < 4.78 is 114. The number of hydrogen-bond donors (Lipinski definition) is 2. The van der Waals surface area contributed by atoms with Crippen molar-refractivity contribution in [1.82, 2.24) is 24.8 Å². The Hall–Kier alpha value is -6.80. The Morgan fingerprint density at radius 2 is 1.66 bits per heavy atom. The fourth-order valence-corrected chi connectivity index (χ4v) is 8.78. The molecule has 0 radical (unpaired) electrons. The Kier molecular flexibility index (Phi) is 13.9. The van der Waals surface area contributed by atoms with E-state index in [1.54, 1.807) is 53.1 Å². The first-order valence-corrected chi connectivity index (χ1v) is 21.7. The number of alkyl halides is 5. The summed E-state index contributed by atoms with van der Waals surface area (Å²) in [4.78, 5) is 34.6. The molecule has 1 amide bonds. The van der Waals surface area contributed by atoms with Crippen LogP contribution in [-0.4, -0.2) is 95.6 Å². The number of anilines is 3. The van der Waals surface area contributed by atoms with Crippen LogP contribution < -0.4 is 34.1 Å². The number of aryl methyl sites for hydroxylation is 1. The second-order valence-electron chi connectivity index (χ2n) is 16.2. The van der Waals surface area contributed by atoms with Crippen LogP contribution in [0.5, 0.6) is 23.3 Å². The number of pyridine rings is 2. The smallest absolute Gasteiger partial charge is 0.418 e. The van der Waals surface area contributed by atoms with Crippen molar-refractivity contribution in [2.75, 3.05) is 62.2 Å². The summed E-state index contributed by atoms with van der Waals surface area (Å²) in [7, 11) is 3.05. The monoisotopic (exact) mass is 966 g/mol. The first-order chi connectivity index (χ1) is 32.5. The maximum atomic E-state index is 17.9. The molecule has 358 valence electrons. The van der Waals surface area contributed by atoms with Gasteiger partial charge in [-0.15, -0.1) is 0 Å². The predicted octanol–water partition coefficient (Wildman–Crippen LogP) is 10.2. The highest BCUT2D eigenvalue weighted by molar-refractivity contribution is 6.36. The predicted molar refractivity (Wildman–Crippen MR) is 242 cm³/mol. The SMILES string of the molecule is COc1ccc(CN(Cc2ccc(OC)cc2)c2cc(C)c(C(F)(F)F)c(-c3c(Cl)c4c5c(nc(OC[C@@H]6CCN6CC(F)F)nc5c3F)N([C@H](C)c3cccnc3NC(=O)O)CCO4)n2)cc1. The lowest BCUT2D eigenvalue weighted by Gasteiger charge is -2.40. The van der Waals surface area contributed by atoms with Crippen LogP contribution in [0.25, 0.3) is 22.2 Å². The molecule has 0 aliphatic carbocycles. The zero-order chi connectivity index (χ0) is 48.4. The quantitative estimate of drug-likeness (QED) is 0.0888. The molecular formula is C47H45ClF6N8O6. The van der Waals surface area contributed by atoms with Crippen LogP contribution in [0.2, 0.25) is 5.02 Å². The van der Waals surface area contributed by atoms with Gasteiger partial charge < -0.3 is 33.9 Å². The molecule has 2 aliphatic heterocycles. The molecule has 2 aliphatic rings. The molecule has 1 saturated heterocycles. The van der Waals surface area contributed by atoms with Crippen molar-refractivity contribution >= 4 is 46.1 Å². The van der Waals surface area contributed by atoms with E-state index in [2.05, 4.69) is 25.3 Å². The van der Waals surface area contributed by atoms with Crippen LogP contribution in [0.15, 0.2) is 72.9 Å². The van der Waals surface area contributed by atoms with E-state index in [1.807, 2.05) is 24.3 Å². The van der Waals surface area contributed by atoms with Gasteiger partial charge in [0, 0.05) is 37.4 Å². The number of nitrogens with zero attached hydrogens (tertiary/aromatic N) is 7. The average molecular weight is 967 g/mol. The zero-order valence-electron chi connectivity index (χ0n) is 37.1. The van der Waals surface area contributed by atoms with Gasteiger partial charge >= 0.3 is 18.3 Å². The summed E-state index contributed by atoms with van der Waals surface area (Å²) in [5.41, 5.74) is -1.74. The second kappa shape index (κ2) is 19.8. The molecule has 6 aromatic rings. The van der Waals surface area contributed by atoms with E-state index < -0.39 is 76.5 Å². The number of halogens is 7. The van der Waals surface area contributed by atoms with E-state index in [-0.39, 0.29) is 67.0 Å². The number of benzene rings is 3. The van der Waals surface area contributed by atoms with Crippen molar-refractivity contribution in [3.8, 4) is 34.5 Å². The van der Waals surface area contributed by atoms with Crippen LogP contribution in [0.1, 0.15) is 47.2 Å². The third kappa shape index (κ3) is 9.92. The highest BCUT2D eigenvalue weighted by atomic mass is 35.5. The molecule has 8 rings (SSSR count). The second-order valence-corrected chi connectivity index (χ2v) is 16.6. The number of hydrogen-bond acceptors (Lipinski definition) is 12. The molecule has 3 aromatic heterocycles. The number of amides is 1. The molecule has 1 fully saturated rings. The van der Waals surface area contributed by atoms with Gasteiger partial charge in [-0.2, -0.15) is 23.1 Å². The lowest BCUT2D eigenvalue weighted by Crippen LogP contribution is -2.52. The molecule has 5 heterocycles. The molecule has 14 nitrogen and oxygen atoms in total. The van der Waals surface area contributed by atoms with Gasteiger partial charge in [-0.1, -0.05) is 41.9 Å². The summed E-state index contributed by atoms with van der Waals surface area (Å²) >= 11 is 7.12. The van der Waals surface area contributed by atoms with Gasteiger partial charge in [0.1, 0.15) is 47.7 Å². The van der Waals surface area contributed by atoms with Crippen molar-refractivity contribution in [2.24, 2.45) is 0 Å². The minimum Gasteiger partial charge on any atom is -0.497 e. The van der Waals surface area contributed by atoms with E-state index in [0.717, 1.165) is 11.1 Å². The third-order valence-corrected chi connectivity index (χ3v) is 12.3. The summed E-state index contributed by atoms with van der Waals surface area (Å²) in [6, 6.07) is 17.1. The van der Waals surface area contributed by atoms with Crippen LogP contribution in [-0.2, 0) is 19.3 Å². The number of likely N-dealkylation sites (tertiary alicyclic amines) is 1. The summed E-state index contributed by atoms with van der Waals surface area (Å²) in [5.74, 6) is -0.310. The van der Waals surface area contributed by atoms with Crippen LogP contribution in [0, 0.1) is 12.7 Å². The van der Waals surface area contributed by atoms with E-state index in [4.69, 9.17) is 30.5 Å². The Morgan fingerprint density at radius 1 is 1.00 bits per heavy atom. The summed E-state index contributed by atoms with van der Waals surface area (Å²) in [6.45, 7) is 2.83. The van der Waals surface area contributed by atoms with Gasteiger partial charge in [-0.3, -0.25) is 10.2 Å². The molecule has 3 aromatic carbocycles. The summed E-state index contributed by atoms with van der Waals surface area (Å²) in [6.07, 6.45) is -7.15. The maximum Gasteiger partial charge on any atom is 0.418 e. The lowest BCUT2D eigenvalue weighted by molar-refractivity contribution is -0.137. The largest absolute Gasteiger partial charge is 0.497 e. The van der Waals surface area contributed by atoms with Crippen molar-refractivity contribution < 1.29 is 55.2 Å². The number of ether oxygens (including phenoxy) is 4. The first-order valence-electron chi connectivity index (χ1n) is 21.4. The Bertz CT molecular complexity index is 2760. The Balaban J connectivity index is 1.32. The topological polar surface area (TPSA) is 148 Å². The average Bonchev–Trinajstić information content (AvgIpc) is 3.49. The number of carboxylic acid groups (broad SMARTS) is 1.